The van der Waals surface area contributed by atoms with Crippen LogP contribution in [0.1, 0.15) is 18.1 Å². The lowest BCUT2D eigenvalue weighted by Crippen LogP contribution is -2.37. The minimum atomic E-state index is -4.72. The lowest BCUT2D eigenvalue weighted by Gasteiger charge is -2.16. The Kier molecular flexibility index (Phi) is 5.90. The molecule has 0 heterocycles. The van der Waals surface area contributed by atoms with Crippen LogP contribution in [0.4, 0.5) is 18.9 Å². The second kappa shape index (κ2) is 7.92. The fourth-order valence-electron chi connectivity index (χ4n) is 2.12. The maximum Gasteiger partial charge on any atom is 0.573 e. The Hall–Kier alpha value is -2.70. The average molecular weight is 352 g/mol. The molecule has 1 amide bonds. The number of carbonyl (C=O) groups is 1. The summed E-state index contributed by atoms with van der Waals surface area (Å²) in [6, 6.07) is 12.5. The van der Waals surface area contributed by atoms with Crippen molar-refractivity contribution in [3.05, 3.63) is 59.7 Å². The van der Waals surface area contributed by atoms with E-state index < -0.39 is 12.4 Å². The van der Waals surface area contributed by atoms with Gasteiger partial charge in [-0.2, -0.15) is 0 Å². The molecule has 0 spiro atoms. The summed E-state index contributed by atoms with van der Waals surface area (Å²) in [5.41, 5.74) is 2.65. The molecule has 2 aromatic carbocycles. The molecule has 0 aliphatic carbocycles. The maximum absolute atomic E-state index is 12.1. The summed E-state index contributed by atoms with van der Waals surface area (Å²) < 4.78 is 40.1. The highest BCUT2D eigenvalue weighted by molar-refractivity contribution is 5.84. The zero-order chi connectivity index (χ0) is 18.4. The Balaban J connectivity index is 1.84. The maximum atomic E-state index is 12.1. The van der Waals surface area contributed by atoms with E-state index >= 15 is 0 Å². The van der Waals surface area contributed by atoms with Crippen LogP contribution in [0.25, 0.3) is 0 Å². The van der Waals surface area contributed by atoms with Crippen LogP contribution in [0.15, 0.2) is 48.5 Å². The Morgan fingerprint density at radius 2 is 1.68 bits per heavy atom. The lowest BCUT2D eigenvalue weighted by atomic mass is 10.1. The number of nitrogens with one attached hydrogen (secondary N) is 2. The molecular weight excluding hydrogens is 333 g/mol. The van der Waals surface area contributed by atoms with Gasteiger partial charge in [0.05, 0.1) is 0 Å². The first kappa shape index (κ1) is 18.6. The first-order chi connectivity index (χ1) is 11.7. The van der Waals surface area contributed by atoms with Gasteiger partial charge in [-0.1, -0.05) is 29.8 Å². The second-order valence-corrected chi connectivity index (χ2v) is 5.64. The number of benzene rings is 2. The monoisotopic (exact) mass is 352 g/mol. The predicted octanol–water partition coefficient (Wildman–Crippen LogP) is 4.01. The van der Waals surface area contributed by atoms with Crippen molar-refractivity contribution in [2.45, 2.75) is 32.8 Å². The number of rotatable bonds is 6. The average Bonchev–Trinajstić information content (AvgIpc) is 2.54. The first-order valence-electron chi connectivity index (χ1n) is 7.68. The normalized spacial score (nSPS) is 12.4. The van der Waals surface area contributed by atoms with Crippen molar-refractivity contribution in [2.75, 3.05) is 5.32 Å². The van der Waals surface area contributed by atoms with E-state index in [4.69, 9.17) is 0 Å². The van der Waals surface area contributed by atoms with E-state index in [1.54, 1.807) is 6.92 Å². The van der Waals surface area contributed by atoms with E-state index in [-0.39, 0.29) is 11.7 Å². The highest BCUT2D eigenvalue weighted by Crippen LogP contribution is 2.24. The van der Waals surface area contributed by atoms with Gasteiger partial charge in [0.1, 0.15) is 11.8 Å². The van der Waals surface area contributed by atoms with Crippen LogP contribution in [-0.4, -0.2) is 18.3 Å². The molecule has 0 saturated carbocycles. The van der Waals surface area contributed by atoms with Crippen LogP contribution in [0, 0.1) is 6.92 Å². The molecule has 0 bridgehead atoms. The Morgan fingerprint density at radius 1 is 1.08 bits per heavy atom. The van der Waals surface area contributed by atoms with Gasteiger partial charge in [-0.15, -0.1) is 13.2 Å². The molecule has 134 valence electrons. The topological polar surface area (TPSA) is 50.4 Å². The van der Waals surface area contributed by atoms with Gasteiger partial charge < -0.3 is 15.4 Å². The van der Waals surface area contributed by atoms with Crippen molar-refractivity contribution in [3.63, 3.8) is 0 Å². The smallest absolute Gasteiger partial charge is 0.406 e. The molecule has 0 radical (unpaired) electrons. The molecular formula is C18H19F3N2O2. The quantitative estimate of drug-likeness (QED) is 0.826. The number of alkyl halides is 3. The molecule has 2 N–H and O–H groups in total. The van der Waals surface area contributed by atoms with E-state index in [9.17, 15) is 18.0 Å². The molecule has 0 saturated heterocycles. The van der Waals surface area contributed by atoms with Gasteiger partial charge in [-0.3, -0.25) is 4.79 Å². The zero-order valence-corrected chi connectivity index (χ0v) is 13.9. The minimum absolute atomic E-state index is 0.212. The Morgan fingerprint density at radius 3 is 2.24 bits per heavy atom. The van der Waals surface area contributed by atoms with Gasteiger partial charge in [-0.25, -0.2) is 0 Å². The van der Waals surface area contributed by atoms with Gasteiger partial charge >= 0.3 is 6.36 Å². The van der Waals surface area contributed by atoms with Crippen molar-refractivity contribution in [1.29, 1.82) is 0 Å². The number of carbonyl (C=O) groups excluding carboxylic acids is 1. The Labute approximate surface area is 144 Å². The molecule has 4 nitrogen and oxygen atoms in total. The molecule has 7 heteroatoms. The van der Waals surface area contributed by atoms with Gasteiger partial charge in [0.2, 0.25) is 5.91 Å². The van der Waals surface area contributed by atoms with E-state index in [1.165, 1.54) is 24.3 Å². The van der Waals surface area contributed by atoms with Gasteiger partial charge in [0, 0.05) is 12.2 Å². The van der Waals surface area contributed by atoms with Crippen molar-refractivity contribution in [1.82, 2.24) is 5.32 Å². The zero-order valence-electron chi connectivity index (χ0n) is 13.9. The summed E-state index contributed by atoms with van der Waals surface area (Å²) in [7, 11) is 0. The molecule has 0 fully saturated rings. The number of hydrogen-bond acceptors (Lipinski definition) is 3. The number of anilines is 1. The standard InChI is InChI=1S/C18H19F3N2O2/c1-12-3-5-14(6-4-12)11-22-17(24)13(2)23-15-7-9-16(10-8-15)25-18(19,20)21/h3-10,13,23H,11H2,1-2H3,(H,22,24). The summed E-state index contributed by atoms with van der Waals surface area (Å²) in [4.78, 5) is 12.1. The summed E-state index contributed by atoms with van der Waals surface area (Å²) in [5, 5.41) is 5.73. The summed E-state index contributed by atoms with van der Waals surface area (Å²) in [6.07, 6.45) is -4.72. The van der Waals surface area contributed by atoms with Crippen LogP contribution < -0.4 is 15.4 Å². The highest BCUT2D eigenvalue weighted by atomic mass is 19.4. The van der Waals surface area contributed by atoms with Crippen molar-refractivity contribution in [2.24, 2.45) is 0 Å². The number of amides is 1. The van der Waals surface area contributed by atoms with E-state index in [2.05, 4.69) is 15.4 Å². The fraction of sp³-hybridized carbons (Fsp3) is 0.278. The van der Waals surface area contributed by atoms with Gasteiger partial charge in [-0.05, 0) is 43.7 Å². The van der Waals surface area contributed by atoms with Crippen molar-refractivity contribution >= 4 is 11.6 Å². The van der Waals surface area contributed by atoms with Gasteiger partial charge in [0.15, 0.2) is 0 Å². The molecule has 1 atom stereocenters. The SMILES string of the molecule is Cc1ccc(CNC(=O)C(C)Nc2ccc(OC(F)(F)F)cc2)cc1. The van der Waals surface area contributed by atoms with Gasteiger partial charge in [0.25, 0.3) is 0 Å². The van der Waals surface area contributed by atoms with E-state index in [1.807, 2.05) is 31.2 Å². The molecule has 0 aromatic heterocycles. The number of ether oxygens (including phenoxy) is 1. The summed E-state index contributed by atoms with van der Waals surface area (Å²) >= 11 is 0. The summed E-state index contributed by atoms with van der Waals surface area (Å²) in [6.45, 7) is 4.06. The fourth-order valence-corrected chi connectivity index (χ4v) is 2.12. The molecule has 1 unspecified atom stereocenters. The lowest BCUT2D eigenvalue weighted by molar-refractivity contribution is -0.274. The molecule has 0 aliphatic rings. The Bertz CT molecular complexity index is 698. The third-order valence-corrected chi connectivity index (χ3v) is 3.45. The van der Waals surface area contributed by atoms with Crippen molar-refractivity contribution in [3.8, 4) is 5.75 Å². The van der Waals surface area contributed by atoms with Crippen LogP contribution in [0.2, 0.25) is 0 Å². The second-order valence-electron chi connectivity index (χ2n) is 5.64. The number of aryl methyl sites for hydroxylation is 1. The third-order valence-electron chi connectivity index (χ3n) is 3.45. The largest absolute Gasteiger partial charge is 0.573 e. The minimum Gasteiger partial charge on any atom is -0.406 e. The molecule has 2 aromatic rings. The van der Waals surface area contributed by atoms with Crippen molar-refractivity contribution < 1.29 is 22.7 Å². The predicted molar refractivity (Wildman–Crippen MR) is 89.2 cm³/mol. The van der Waals surface area contributed by atoms with Crippen LogP contribution >= 0.6 is 0 Å². The third kappa shape index (κ3) is 6.37. The van der Waals surface area contributed by atoms with E-state index in [0.29, 0.717) is 12.2 Å². The molecule has 2 rings (SSSR count). The van der Waals surface area contributed by atoms with E-state index in [0.717, 1.165) is 11.1 Å². The molecule has 0 aliphatic heterocycles. The van der Waals surface area contributed by atoms with Crippen LogP contribution in [0.3, 0.4) is 0 Å². The number of halogens is 3. The number of hydrogen-bond donors (Lipinski definition) is 2. The molecule has 25 heavy (non-hydrogen) atoms. The highest BCUT2D eigenvalue weighted by Gasteiger charge is 2.30. The van der Waals surface area contributed by atoms with Crippen LogP contribution in [-0.2, 0) is 11.3 Å². The first-order valence-corrected chi connectivity index (χ1v) is 7.68. The summed E-state index contributed by atoms with van der Waals surface area (Å²) in [5.74, 6) is -0.522. The van der Waals surface area contributed by atoms with Crippen LogP contribution in [0.5, 0.6) is 5.75 Å².